The van der Waals surface area contributed by atoms with Crippen molar-refractivity contribution in [2.24, 2.45) is 4.99 Å². The number of anilines is 1. The number of nitrogens with zero attached hydrogens (tertiary/aromatic N) is 2. The van der Waals surface area contributed by atoms with Crippen LogP contribution >= 0.6 is 0 Å². The van der Waals surface area contributed by atoms with Crippen LogP contribution in [0.25, 0.3) is 10.8 Å². The molecule has 2 aromatic carbocycles. The molecule has 0 saturated heterocycles. The van der Waals surface area contributed by atoms with E-state index in [4.69, 9.17) is 19.9 Å². The zero-order valence-corrected chi connectivity index (χ0v) is 16.6. The molecule has 0 saturated carbocycles. The van der Waals surface area contributed by atoms with Crippen LogP contribution < -0.4 is 10.1 Å². The van der Waals surface area contributed by atoms with Gasteiger partial charge in [0.2, 0.25) is 0 Å². The monoisotopic (exact) mass is 419 g/mol. The summed E-state index contributed by atoms with van der Waals surface area (Å²) in [7, 11) is 0. The smallest absolute Gasteiger partial charge is 0.328 e. The molecule has 3 N–H and O–H groups in total. The third kappa shape index (κ3) is 6.14. The SMILES string of the molecule is O=C(O)C=CC(=O)O.c1cncc(OCCCN=C2Nc3cccc4cccc2c34)c1. The Bertz CT molecular complexity index is 1110. The van der Waals surface area contributed by atoms with E-state index in [1.54, 1.807) is 12.4 Å². The average molecular weight is 419 g/mol. The molecule has 0 unspecified atom stereocenters. The molecule has 0 atom stereocenters. The fraction of sp³-hybridized carbons (Fsp3) is 0.130. The van der Waals surface area contributed by atoms with Gasteiger partial charge in [-0.05, 0) is 23.6 Å². The molecule has 0 amide bonds. The first kappa shape index (κ1) is 21.5. The molecule has 8 heteroatoms. The lowest BCUT2D eigenvalue weighted by Crippen LogP contribution is -2.09. The average Bonchev–Trinajstić information content (AvgIpc) is 3.13. The highest BCUT2D eigenvalue weighted by Gasteiger charge is 2.18. The predicted molar refractivity (Wildman–Crippen MR) is 118 cm³/mol. The summed E-state index contributed by atoms with van der Waals surface area (Å²) in [4.78, 5) is 27.8. The fourth-order valence-corrected chi connectivity index (χ4v) is 2.98. The maximum Gasteiger partial charge on any atom is 0.328 e. The van der Waals surface area contributed by atoms with E-state index >= 15 is 0 Å². The number of aliphatic carboxylic acids is 2. The van der Waals surface area contributed by atoms with Crippen LogP contribution in [0.4, 0.5) is 5.69 Å². The first-order valence-electron chi connectivity index (χ1n) is 9.55. The number of ether oxygens (including phenoxy) is 1. The number of nitrogens with one attached hydrogen (secondary N) is 1. The number of amidine groups is 1. The lowest BCUT2D eigenvalue weighted by Gasteiger charge is -2.04. The summed E-state index contributed by atoms with van der Waals surface area (Å²) >= 11 is 0. The molecule has 8 nitrogen and oxygen atoms in total. The summed E-state index contributed by atoms with van der Waals surface area (Å²) in [6.07, 6.45) is 5.45. The van der Waals surface area contributed by atoms with Crippen LogP contribution in [0.5, 0.6) is 5.75 Å². The van der Waals surface area contributed by atoms with Crippen molar-refractivity contribution in [2.75, 3.05) is 18.5 Å². The largest absolute Gasteiger partial charge is 0.492 e. The van der Waals surface area contributed by atoms with Gasteiger partial charge in [0.25, 0.3) is 0 Å². The van der Waals surface area contributed by atoms with Crippen LogP contribution in [0, 0.1) is 0 Å². The molecule has 0 bridgehead atoms. The highest BCUT2D eigenvalue weighted by atomic mass is 16.5. The second kappa shape index (κ2) is 10.5. The number of benzene rings is 2. The number of pyridine rings is 1. The minimum atomic E-state index is -1.26. The molecule has 0 spiro atoms. The second-order valence-corrected chi connectivity index (χ2v) is 6.47. The lowest BCUT2D eigenvalue weighted by molar-refractivity contribution is -0.134. The van der Waals surface area contributed by atoms with E-state index in [0.29, 0.717) is 18.8 Å². The Hall–Kier alpha value is -4.20. The molecule has 3 aromatic rings. The van der Waals surface area contributed by atoms with Gasteiger partial charge in [-0.2, -0.15) is 0 Å². The van der Waals surface area contributed by atoms with Gasteiger partial charge in [0.05, 0.1) is 12.8 Å². The molecule has 4 rings (SSSR count). The lowest BCUT2D eigenvalue weighted by atomic mass is 10.1. The van der Waals surface area contributed by atoms with Gasteiger partial charge in [-0.25, -0.2) is 9.59 Å². The number of aliphatic imine (C=N–C) groups is 1. The van der Waals surface area contributed by atoms with Crippen LogP contribution in [0.15, 0.2) is 78.1 Å². The van der Waals surface area contributed by atoms with Gasteiger partial charge in [0.15, 0.2) is 0 Å². The summed E-state index contributed by atoms with van der Waals surface area (Å²) in [5, 5.41) is 21.6. The zero-order chi connectivity index (χ0) is 22.1. The molecule has 0 fully saturated rings. The summed E-state index contributed by atoms with van der Waals surface area (Å²) in [6.45, 7) is 1.37. The Balaban J connectivity index is 0.000000293. The third-order valence-corrected chi connectivity index (χ3v) is 4.26. The molecule has 0 aliphatic carbocycles. The number of hydrogen-bond donors (Lipinski definition) is 3. The van der Waals surface area contributed by atoms with E-state index in [1.165, 1.54) is 16.3 Å². The van der Waals surface area contributed by atoms with Crippen molar-refractivity contribution < 1.29 is 24.5 Å². The number of carbonyl (C=O) groups is 2. The first-order valence-corrected chi connectivity index (χ1v) is 9.55. The summed E-state index contributed by atoms with van der Waals surface area (Å²) in [5.41, 5.74) is 2.33. The third-order valence-electron chi connectivity index (χ3n) is 4.26. The van der Waals surface area contributed by atoms with Crippen LogP contribution in [0.1, 0.15) is 12.0 Å². The van der Waals surface area contributed by atoms with Crippen molar-refractivity contribution >= 4 is 34.2 Å². The molecule has 158 valence electrons. The van der Waals surface area contributed by atoms with Gasteiger partial charge >= 0.3 is 11.9 Å². The van der Waals surface area contributed by atoms with Gasteiger partial charge in [-0.3, -0.25) is 9.98 Å². The minimum absolute atomic E-state index is 0.558. The number of aromatic nitrogens is 1. The molecule has 31 heavy (non-hydrogen) atoms. The maximum atomic E-state index is 9.55. The van der Waals surface area contributed by atoms with Crippen LogP contribution in [-0.2, 0) is 9.59 Å². The van der Waals surface area contributed by atoms with Gasteiger partial charge in [0, 0.05) is 48.0 Å². The van der Waals surface area contributed by atoms with Crippen LogP contribution in [-0.4, -0.2) is 46.1 Å². The molecule has 0 radical (unpaired) electrons. The zero-order valence-electron chi connectivity index (χ0n) is 16.6. The Morgan fingerprint density at radius 2 is 1.77 bits per heavy atom. The minimum Gasteiger partial charge on any atom is -0.492 e. The maximum absolute atomic E-state index is 9.55. The standard InChI is InChI=1S/C19H17N3O.C4H4O4/c1-5-14-6-2-9-17-18(14)16(8-1)19(22-17)21-11-4-12-23-15-7-3-10-20-13-15;5-3(6)1-2-4(7)8/h1-3,5-10,13H,4,11-12H2,(H,21,22);1-2H,(H,5,6)(H,7,8). The summed E-state index contributed by atoms with van der Waals surface area (Å²) < 4.78 is 5.64. The highest BCUT2D eigenvalue weighted by molar-refractivity contribution is 6.25. The van der Waals surface area contributed by atoms with Crippen molar-refractivity contribution in [1.29, 1.82) is 0 Å². The second-order valence-electron chi connectivity index (χ2n) is 6.47. The fourth-order valence-electron chi connectivity index (χ4n) is 2.98. The van der Waals surface area contributed by atoms with Crippen LogP contribution in [0.3, 0.4) is 0 Å². The number of rotatable bonds is 7. The predicted octanol–water partition coefficient (Wildman–Crippen LogP) is 3.59. The van der Waals surface area contributed by atoms with E-state index in [1.807, 2.05) is 12.1 Å². The first-order chi connectivity index (χ1) is 15.0. The van der Waals surface area contributed by atoms with Crippen LogP contribution in [0.2, 0.25) is 0 Å². The molecular weight excluding hydrogens is 398 g/mol. The molecule has 1 aliphatic heterocycles. The molecule has 1 aromatic heterocycles. The van der Waals surface area contributed by atoms with E-state index in [0.717, 1.165) is 30.2 Å². The highest BCUT2D eigenvalue weighted by Crippen LogP contribution is 2.32. The Labute approximate surface area is 178 Å². The van der Waals surface area contributed by atoms with Crippen molar-refractivity contribution in [1.82, 2.24) is 4.98 Å². The number of hydrogen-bond acceptors (Lipinski definition) is 5. The molecule has 1 aliphatic rings. The van der Waals surface area contributed by atoms with Gasteiger partial charge in [0.1, 0.15) is 11.6 Å². The van der Waals surface area contributed by atoms with E-state index in [-0.39, 0.29) is 0 Å². The quantitative estimate of drug-likeness (QED) is 0.395. The topological polar surface area (TPSA) is 121 Å². The molecular formula is C23H21N3O5. The Morgan fingerprint density at radius 3 is 2.45 bits per heavy atom. The Kier molecular flexibility index (Phi) is 7.31. The van der Waals surface area contributed by atoms with Crippen molar-refractivity contribution in [2.45, 2.75) is 6.42 Å². The van der Waals surface area contributed by atoms with Gasteiger partial charge < -0.3 is 20.3 Å². The Morgan fingerprint density at radius 1 is 1.03 bits per heavy atom. The normalized spacial score (nSPS) is 13.0. The summed E-state index contributed by atoms with van der Waals surface area (Å²) in [5.74, 6) is -0.755. The number of carboxylic acids is 2. The van der Waals surface area contributed by atoms with Gasteiger partial charge in [-0.15, -0.1) is 0 Å². The van der Waals surface area contributed by atoms with Crippen molar-refractivity contribution in [3.8, 4) is 5.75 Å². The van der Waals surface area contributed by atoms with E-state index in [2.05, 4.69) is 46.7 Å². The number of carboxylic acid groups (broad SMARTS) is 2. The van der Waals surface area contributed by atoms with E-state index < -0.39 is 11.9 Å². The van der Waals surface area contributed by atoms with Crippen molar-refractivity contribution in [3.05, 3.63) is 78.6 Å². The van der Waals surface area contributed by atoms with Gasteiger partial charge in [-0.1, -0.05) is 30.3 Å². The van der Waals surface area contributed by atoms with E-state index in [9.17, 15) is 9.59 Å². The van der Waals surface area contributed by atoms with Crippen molar-refractivity contribution in [3.63, 3.8) is 0 Å². The molecule has 2 heterocycles. The summed E-state index contributed by atoms with van der Waals surface area (Å²) in [6, 6.07) is 16.4.